The molecule has 1 fully saturated rings. The molecular formula is C27H26ClN3O5S2. The number of anilines is 1. The van der Waals surface area contributed by atoms with Crippen LogP contribution in [-0.4, -0.2) is 49.9 Å². The molecule has 8 nitrogen and oxygen atoms in total. The molecule has 1 heterocycles. The van der Waals surface area contributed by atoms with Crippen molar-refractivity contribution in [1.29, 1.82) is 0 Å². The van der Waals surface area contributed by atoms with Crippen molar-refractivity contribution in [2.45, 2.75) is 4.58 Å². The average molecular weight is 572 g/mol. The van der Waals surface area contributed by atoms with Gasteiger partial charge in [-0.05, 0) is 47.5 Å². The molecule has 11 heteroatoms. The van der Waals surface area contributed by atoms with Gasteiger partial charge in [0, 0.05) is 17.2 Å². The Morgan fingerprint density at radius 3 is 2.42 bits per heavy atom. The number of para-hydroxylation sites is 1. The van der Waals surface area contributed by atoms with Gasteiger partial charge in [0.05, 0.1) is 22.9 Å². The Labute approximate surface area is 234 Å². The summed E-state index contributed by atoms with van der Waals surface area (Å²) < 4.78 is 17.0. The van der Waals surface area contributed by atoms with Gasteiger partial charge >= 0.3 is 0 Å². The largest absolute Gasteiger partial charge is 0.493 e. The van der Waals surface area contributed by atoms with Crippen LogP contribution < -0.4 is 25.0 Å². The summed E-state index contributed by atoms with van der Waals surface area (Å²) in [6.45, 7) is -0.429. The number of amides is 2. The predicted octanol–water partition coefficient (Wildman–Crippen LogP) is 5.37. The molecule has 0 saturated carbocycles. The van der Waals surface area contributed by atoms with E-state index in [9.17, 15) is 9.59 Å². The molecule has 1 aliphatic heterocycles. The van der Waals surface area contributed by atoms with E-state index in [2.05, 4.69) is 15.8 Å². The molecule has 0 spiro atoms. The summed E-state index contributed by atoms with van der Waals surface area (Å²) in [4.78, 5) is 24.3. The van der Waals surface area contributed by atoms with E-state index in [4.69, 9.17) is 25.8 Å². The Kier molecular flexibility index (Phi) is 10.2. The first-order valence-electron chi connectivity index (χ1n) is 11.6. The summed E-state index contributed by atoms with van der Waals surface area (Å²) >= 11 is 10.2. The van der Waals surface area contributed by atoms with Crippen LogP contribution in [0.25, 0.3) is 0 Å². The Balaban J connectivity index is 1.25. The molecule has 0 bridgehead atoms. The molecule has 0 radical (unpaired) electrons. The van der Waals surface area contributed by atoms with Gasteiger partial charge in [0.15, 0.2) is 24.7 Å². The van der Waals surface area contributed by atoms with Crippen molar-refractivity contribution in [3.8, 4) is 17.2 Å². The zero-order valence-electron chi connectivity index (χ0n) is 20.5. The molecule has 2 amide bonds. The minimum Gasteiger partial charge on any atom is -0.493 e. The second-order valence-corrected chi connectivity index (χ2v) is 11.1. The fraction of sp³-hybridized carbons (Fsp3) is 0.222. The van der Waals surface area contributed by atoms with Crippen LogP contribution in [0.1, 0.15) is 15.7 Å². The highest BCUT2D eigenvalue weighted by atomic mass is 35.5. The number of rotatable bonds is 11. The normalized spacial score (nSPS) is 13.3. The molecule has 4 rings (SSSR count). The molecule has 38 heavy (non-hydrogen) atoms. The first kappa shape index (κ1) is 27.7. The van der Waals surface area contributed by atoms with E-state index in [1.165, 1.54) is 30.4 Å². The molecule has 0 aromatic heterocycles. The molecule has 2 N–H and O–H groups in total. The highest BCUT2D eigenvalue weighted by molar-refractivity contribution is 8.19. The van der Waals surface area contributed by atoms with Crippen molar-refractivity contribution in [2.75, 3.05) is 37.1 Å². The fourth-order valence-corrected chi connectivity index (χ4v) is 6.58. The number of benzene rings is 3. The standard InChI is InChI=1S/C27H26ClN3O5S2/c1-34-23-14-18(13-22(28)26(23)36-16-24(32)30-20-5-3-2-4-6-20)15-29-31-25(33)17-35-21-9-7-19(8-10-21)27-37-11-12-38-27/h2-10,13-15,27H,11-12,16-17H2,1H3,(H,30,32)(H,31,33)/b29-15-. The van der Waals surface area contributed by atoms with E-state index in [1.807, 2.05) is 66.0 Å². The van der Waals surface area contributed by atoms with E-state index in [0.717, 1.165) is 0 Å². The Morgan fingerprint density at radius 2 is 1.71 bits per heavy atom. The van der Waals surface area contributed by atoms with Gasteiger partial charge in [-0.25, -0.2) is 5.43 Å². The lowest BCUT2D eigenvalue weighted by molar-refractivity contribution is -0.123. The molecule has 3 aromatic carbocycles. The van der Waals surface area contributed by atoms with Crippen LogP contribution in [0.2, 0.25) is 5.02 Å². The van der Waals surface area contributed by atoms with Gasteiger partial charge in [-0.2, -0.15) is 5.10 Å². The Morgan fingerprint density at radius 1 is 1.00 bits per heavy atom. The topological polar surface area (TPSA) is 98.2 Å². The van der Waals surface area contributed by atoms with Crippen LogP contribution in [0.15, 0.2) is 71.8 Å². The maximum absolute atomic E-state index is 12.2. The third-order valence-corrected chi connectivity index (χ3v) is 8.59. The summed E-state index contributed by atoms with van der Waals surface area (Å²) in [5.41, 5.74) is 4.90. The number of carbonyl (C=O) groups is 2. The zero-order chi connectivity index (χ0) is 26.7. The van der Waals surface area contributed by atoms with Gasteiger partial charge in [-0.1, -0.05) is 41.9 Å². The number of hydrogen-bond acceptors (Lipinski definition) is 8. The number of nitrogens with one attached hydrogen (secondary N) is 2. The zero-order valence-corrected chi connectivity index (χ0v) is 22.9. The van der Waals surface area contributed by atoms with Gasteiger partial charge in [0.2, 0.25) is 0 Å². The number of hydrazone groups is 1. The first-order chi connectivity index (χ1) is 18.5. The molecule has 0 aliphatic carbocycles. The number of thioether (sulfide) groups is 2. The van der Waals surface area contributed by atoms with E-state index in [0.29, 0.717) is 27.3 Å². The van der Waals surface area contributed by atoms with Crippen molar-refractivity contribution in [3.05, 3.63) is 82.9 Å². The maximum atomic E-state index is 12.2. The number of methoxy groups -OCH3 is 1. The summed E-state index contributed by atoms with van der Waals surface area (Å²) in [7, 11) is 1.46. The lowest BCUT2D eigenvalue weighted by Crippen LogP contribution is -2.24. The van der Waals surface area contributed by atoms with Gasteiger partial charge in [0.1, 0.15) is 5.75 Å². The third-order valence-electron chi connectivity index (χ3n) is 5.20. The summed E-state index contributed by atoms with van der Waals surface area (Å²) in [6, 6.07) is 20.1. The van der Waals surface area contributed by atoms with Crippen molar-refractivity contribution >= 4 is 58.8 Å². The predicted molar refractivity (Wildman–Crippen MR) is 154 cm³/mol. The molecule has 1 aliphatic rings. The molecule has 1 saturated heterocycles. The maximum Gasteiger partial charge on any atom is 0.277 e. The quantitative estimate of drug-likeness (QED) is 0.236. The van der Waals surface area contributed by atoms with E-state index in [1.54, 1.807) is 24.3 Å². The summed E-state index contributed by atoms with van der Waals surface area (Å²) in [5.74, 6) is 2.74. The van der Waals surface area contributed by atoms with Gasteiger partial charge in [0.25, 0.3) is 11.8 Å². The first-order valence-corrected chi connectivity index (χ1v) is 14.1. The Bertz CT molecular complexity index is 1270. The number of carbonyl (C=O) groups excluding carboxylic acids is 2. The van der Waals surface area contributed by atoms with Crippen molar-refractivity contribution in [1.82, 2.24) is 5.43 Å². The smallest absolute Gasteiger partial charge is 0.277 e. The molecule has 0 atom stereocenters. The highest BCUT2D eigenvalue weighted by Gasteiger charge is 2.18. The lowest BCUT2D eigenvalue weighted by Gasteiger charge is -2.13. The van der Waals surface area contributed by atoms with Crippen LogP contribution in [0.5, 0.6) is 17.2 Å². The number of halogens is 1. The van der Waals surface area contributed by atoms with Crippen LogP contribution >= 0.6 is 35.1 Å². The van der Waals surface area contributed by atoms with Crippen LogP contribution in [-0.2, 0) is 9.59 Å². The number of nitrogens with zero attached hydrogens (tertiary/aromatic N) is 1. The SMILES string of the molecule is COc1cc(/C=N\NC(=O)COc2ccc(C3SCCS3)cc2)cc(Cl)c1OCC(=O)Nc1ccccc1. The monoisotopic (exact) mass is 571 g/mol. The van der Waals surface area contributed by atoms with Crippen molar-refractivity contribution < 1.29 is 23.8 Å². The number of ether oxygens (including phenoxy) is 3. The third kappa shape index (κ3) is 8.08. The molecule has 3 aromatic rings. The molecule has 0 unspecified atom stereocenters. The second kappa shape index (κ2) is 14.0. The minimum atomic E-state index is -0.408. The second-order valence-electron chi connectivity index (χ2n) is 7.96. The lowest BCUT2D eigenvalue weighted by atomic mass is 10.2. The van der Waals surface area contributed by atoms with E-state index >= 15 is 0 Å². The minimum absolute atomic E-state index is 0.175. The summed E-state index contributed by atoms with van der Waals surface area (Å²) in [5, 5.41) is 6.92. The van der Waals surface area contributed by atoms with Gasteiger partial charge < -0.3 is 19.5 Å². The molecular weight excluding hydrogens is 546 g/mol. The van der Waals surface area contributed by atoms with Crippen LogP contribution in [0, 0.1) is 0 Å². The van der Waals surface area contributed by atoms with Crippen LogP contribution in [0.3, 0.4) is 0 Å². The molecule has 198 valence electrons. The summed E-state index contributed by atoms with van der Waals surface area (Å²) in [6.07, 6.45) is 1.42. The van der Waals surface area contributed by atoms with Gasteiger partial charge in [-0.3, -0.25) is 9.59 Å². The van der Waals surface area contributed by atoms with Crippen LogP contribution in [0.4, 0.5) is 5.69 Å². The van der Waals surface area contributed by atoms with E-state index in [-0.39, 0.29) is 29.9 Å². The average Bonchev–Trinajstić information content (AvgIpc) is 3.47. The van der Waals surface area contributed by atoms with Gasteiger partial charge in [-0.15, -0.1) is 23.5 Å². The van der Waals surface area contributed by atoms with E-state index < -0.39 is 5.91 Å². The van der Waals surface area contributed by atoms with Crippen molar-refractivity contribution in [3.63, 3.8) is 0 Å². The Hall–Kier alpha value is -3.34. The fourth-order valence-electron chi connectivity index (χ4n) is 3.44. The van der Waals surface area contributed by atoms with Crippen molar-refractivity contribution in [2.24, 2.45) is 5.10 Å². The highest BCUT2D eigenvalue weighted by Crippen LogP contribution is 2.45. The number of hydrogen-bond donors (Lipinski definition) is 2.